The smallest absolute Gasteiger partial charge is 0.325 e. The average Bonchev–Trinajstić information content (AvgIpc) is 2.51. The first kappa shape index (κ1) is 18.4. The zero-order valence-electron chi connectivity index (χ0n) is 13.8. The minimum atomic E-state index is -0.579. The van der Waals surface area contributed by atoms with Gasteiger partial charge in [0.2, 0.25) is 0 Å². The molecule has 1 aliphatic rings. The summed E-state index contributed by atoms with van der Waals surface area (Å²) in [5.74, 6) is 0.466. The minimum absolute atomic E-state index is 0.188. The van der Waals surface area contributed by atoms with Crippen LogP contribution in [0.25, 0.3) is 0 Å². The quantitative estimate of drug-likeness (QED) is 0.495. The predicted molar refractivity (Wildman–Crippen MR) is 82.3 cm³/mol. The van der Waals surface area contributed by atoms with Crippen LogP contribution in [0.1, 0.15) is 46.0 Å². The van der Waals surface area contributed by atoms with Gasteiger partial charge in [-0.2, -0.15) is 0 Å². The summed E-state index contributed by atoms with van der Waals surface area (Å²) < 4.78 is 16.0. The standard InChI is InChI=1S/C16H31NO4/c1-4-17-16(2,15(18)19-3)9-5-6-10-21-13-14-7-11-20-12-8-14/h14,17H,4-13H2,1-3H3. The van der Waals surface area contributed by atoms with Crippen LogP contribution in [0.2, 0.25) is 0 Å². The first-order chi connectivity index (χ1) is 10.1. The van der Waals surface area contributed by atoms with Crippen molar-refractivity contribution in [2.45, 2.75) is 51.5 Å². The summed E-state index contributed by atoms with van der Waals surface area (Å²) in [5.41, 5.74) is -0.579. The number of hydrogen-bond donors (Lipinski definition) is 1. The van der Waals surface area contributed by atoms with Crippen molar-refractivity contribution in [3.8, 4) is 0 Å². The fraction of sp³-hybridized carbons (Fsp3) is 0.938. The van der Waals surface area contributed by atoms with E-state index in [-0.39, 0.29) is 5.97 Å². The first-order valence-corrected chi connectivity index (χ1v) is 8.11. The van der Waals surface area contributed by atoms with Crippen LogP contribution in [0, 0.1) is 5.92 Å². The summed E-state index contributed by atoms with van der Waals surface area (Å²) in [6.07, 6.45) is 4.92. The monoisotopic (exact) mass is 301 g/mol. The van der Waals surface area contributed by atoms with Crippen molar-refractivity contribution in [1.29, 1.82) is 0 Å². The van der Waals surface area contributed by atoms with Crippen LogP contribution in [0.5, 0.6) is 0 Å². The molecule has 0 aromatic carbocycles. The molecule has 0 spiro atoms. The zero-order chi connectivity index (χ0) is 15.6. The van der Waals surface area contributed by atoms with Crippen molar-refractivity contribution in [2.75, 3.05) is 40.1 Å². The highest BCUT2D eigenvalue weighted by Gasteiger charge is 2.32. The molecule has 0 aliphatic carbocycles. The molecule has 0 radical (unpaired) electrons. The Morgan fingerprint density at radius 3 is 2.67 bits per heavy atom. The minimum Gasteiger partial charge on any atom is -0.468 e. The van der Waals surface area contributed by atoms with Gasteiger partial charge in [0.15, 0.2) is 0 Å². The molecule has 0 aromatic heterocycles. The lowest BCUT2D eigenvalue weighted by molar-refractivity contribution is -0.148. The molecule has 1 saturated heterocycles. The van der Waals surface area contributed by atoms with Crippen LogP contribution in [0.3, 0.4) is 0 Å². The predicted octanol–water partition coefficient (Wildman–Crippen LogP) is 2.14. The van der Waals surface area contributed by atoms with E-state index in [2.05, 4.69) is 5.32 Å². The Morgan fingerprint density at radius 1 is 1.33 bits per heavy atom. The number of rotatable bonds is 10. The fourth-order valence-corrected chi connectivity index (χ4v) is 2.72. The summed E-state index contributed by atoms with van der Waals surface area (Å²) >= 11 is 0. The van der Waals surface area contributed by atoms with Crippen molar-refractivity contribution in [3.05, 3.63) is 0 Å². The molecule has 124 valence electrons. The van der Waals surface area contributed by atoms with E-state index in [1.807, 2.05) is 13.8 Å². The van der Waals surface area contributed by atoms with Crippen LogP contribution in [-0.2, 0) is 19.0 Å². The highest BCUT2D eigenvalue weighted by molar-refractivity contribution is 5.80. The highest BCUT2D eigenvalue weighted by Crippen LogP contribution is 2.17. The molecule has 1 atom stereocenters. The molecule has 0 amide bonds. The normalized spacial score (nSPS) is 19.2. The molecule has 0 aromatic rings. The molecule has 1 N–H and O–H groups in total. The zero-order valence-corrected chi connectivity index (χ0v) is 13.8. The van der Waals surface area contributed by atoms with E-state index in [9.17, 15) is 4.79 Å². The summed E-state index contributed by atoms with van der Waals surface area (Å²) in [7, 11) is 1.44. The van der Waals surface area contributed by atoms with E-state index in [0.29, 0.717) is 5.92 Å². The lowest BCUT2D eigenvalue weighted by atomic mass is 9.95. The number of hydrogen-bond acceptors (Lipinski definition) is 5. The van der Waals surface area contributed by atoms with Gasteiger partial charge in [0, 0.05) is 26.4 Å². The number of esters is 1. The van der Waals surface area contributed by atoms with Crippen LogP contribution in [0.15, 0.2) is 0 Å². The number of likely N-dealkylation sites (N-methyl/N-ethyl adjacent to an activating group) is 1. The number of carbonyl (C=O) groups is 1. The van der Waals surface area contributed by atoms with Gasteiger partial charge in [-0.25, -0.2) is 0 Å². The van der Waals surface area contributed by atoms with Gasteiger partial charge in [0.1, 0.15) is 5.54 Å². The molecule has 0 bridgehead atoms. The molecule has 1 unspecified atom stereocenters. The molecule has 5 nitrogen and oxygen atoms in total. The van der Waals surface area contributed by atoms with Crippen molar-refractivity contribution in [2.24, 2.45) is 5.92 Å². The summed E-state index contributed by atoms with van der Waals surface area (Å²) in [6.45, 7) is 8.00. The second-order valence-corrected chi connectivity index (χ2v) is 5.94. The van der Waals surface area contributed by atoms with E-state index >= 15 is 0 Å². The fourth-order valence-electron chi connectivity index (χ4n) is 2.72. The molecule has 21 heavy (non-hydrogen) atoms. The molecule has 1 heterocycles. The Kier molecular flexibility index (Phi) is 8.88. The Bertz CT molecular complexity index is 292. The van der Waals surface area contributed by atoms with Gasteiger partial charge < -0.3 is 19.5 Å². The first-order valence-electron chi connectivity index (χ1n) is 8.11. The van der Waals surface area contributed by atoms with Gasteiger partial charge in [-0.3, -0.25) is 4.79 Å². The van der Waals surface area contributed by atoms with Gasteiger partial charge in [-0.1, -0.05) is 6.92 Å². The Labute approximate surface area is 128 Å². The molecular weight excluding hydrogens is 270 g/mol. The summed E-state index contributed by atoms with van der Waals surface area (Å²) in [4.78, 5) is 11.8. The summed E-state index contributed by atoms with van der Waals surface area (Å²) in [6, 6.07) is 0. The van der Waals surface area contributed by atoms with Gasteiger partial charge in [-0.15, -0.1) is 0 Å². The Balaban J connectivity index is 2.12. The molecule has 5 heteroatoms. The van der Waals surface area contributed by atoms with Crippen LogP contribution < -0.4 is 5.32 Å². The van der Waals surface area contributed by atoms with Gasteiger partial charge in [0.05, 0.1) is 7.11 Å². The van der Waals surface area contributed by atoms with Gasteiger partial charge >= 0.3 is 5.97 Å². The third kappa shape index (κ3) is 6.76. The summed E-state index contributed by atoms with van der Waals surface area (Å²) in [5, 5.41) is 3.22. The molecule has 0 saturated carbocycles. The topological polar surface area (TPSA) is 56.8 Å². The lowest BCUT2D eigenvalue weighted by Crippen LogP contribution is -2.50. The van der Waals surface area contributed by atoms with E-state index in [1.165, 1.54) is 7.11 Å². The molecule has 1 rings (SSSR count). The lowest BCUT2D eigenvalue weighted by Gasteiger charge is -2.27. The molecule has 1 aliphatic heterocycles. The number of ether oxygens (including phenoxy) is 3. The van der Waals surface area contributed by atoms with Crippen molar-refractivity contribution in [1.82, 2.24) is 5.32 Å². The van der Waals surface area contributed by atoms with E-state index in [0.717, 1.165) is 65.1 Å². The van der Waals surface area contributed by atoms with Crippen molar-refractivity contribution < 1.29 is 19.0 Å². The maximum atomic E-state index is 11.8. The number of methoxy groups -OCH3 is 1. The number of carbonyl (C=O) groups excluding carboxylic acids is 1. The molecular formula is C16H31NO4. The maximum absolute atomic E-state index is 11.8. The second kappa shape index (κ2) is 10.1. The van der Waals surface area contributed by atoms with Crippen LogP contribution in [0.4, 0.5) is 0 Å². The average molecular weight is 301 g/mol. The van der Waals surface area contributed by atoms with E-state index < -0.39 is 5.54 Å². The van der Waals surface area contributed by atoms with Gasteiger partial charge in [-0.05, 0) is 51.5 Å². The van der Waals surface area contributed by atoms with Gasteiger partial charge in [0.25, 0.3) is 0 Å². The number of nitrogens with one attached hydrogen (secondary N) is 1. The third-order valence-corrected chi connectivity index (χ3v) is 4.11. The van der Waals surface area contributed by atoms with E-state index in [1.54, 1.807) is 0 Å². The maximum Gasteiger partial charge on any atom is 0.325 e. The number of unbranched alkanes of at least 4 members (excludes halogenated alkanes) is 1. The van der Waals surface area contributed by atoms with Crippen LogP contribution >= 0.6 is 0 Å². The Morgan fingerprint density at radius 2 is 2.05 bits per heavy atom. The van der Waals surface area contributed by atoms with Crippen molar-refractivity contribution >= 4 is 5.97 Å². The van der Waals surface area contributed by atoms with E-state index in [4.69, 9.17) is 14.2 Å². The Hall–Kier alpha value is -0.650. The van der Waals surface area contributed by atoms with Crippen LogP contribution in [-0.4, -0.2) is 51.6 Å². The van der Waals surface area contributed by atoms with Crippen molar-refractivity contribution in [3.63, 3.8) is 0 Å². The largest absolute Gasteiger partial charge is 0.468 e. The SMILES string of the molecule is CCNC(C)(CCCCOCC1CCOCC1)C(=O)OC. The second-order valence-electron chi connectivity index (χ2n) is 5.94. The third-order valence-electron chi connectivity index (χ3n) is 4.11. The highest BCUT2D eigenvalue weighted by atomic mass is 16.5. The molecule has 1 fully saturated rings.